The highest BCUT2D eigenvalue weighted by Gasteiger charge is 2.47. The van der Waals surface area contributed by atoms with E-state index in [0.717, 1.165) is 96.3 Å². The number of aromatic nitrogens is 3. The first-order valence-corrected chi connectivity index (χ1v) is 20.0. The van der Waals surface area contributed by atoms with Crippen molar-refractivity contribution in [1.29, 1.82) is 0 Å². The first-order valence-electron chi connectivity index (χ1n) is 20.0. The summed E-state index contributed by atoms with van der Waals surface area (Å²) in [5.74, 6) is -2.84. The minimum atomic E-state index is -2.86. The largest absolute Gasteiger partial charge is 0.474 e. The number of hydrogen-bond acceptors (Lipinski definition) is 11. The average Bonchev–Trinajstić information content (AvgIpc) is 3.21. The lowest BCUT2D eigenvalue weighted by molar-refractivity contribution is -0.120. The molecule has 4 aromatic rings. The van der Waals surface area contributed by atoms with Crippen molar-refractivity contribution in [2.75, 3.05) is 77.8 Å². The number of imide groups is 1. The normalized spacial score (nSPS) is 21.3. The number of nitrogens with one attached hydrogen (secondary N) is 3. The van der Waals surface area contributed by atoms with Gasteiger partial charge in [-0.2, -0.15) is 0 Å². The van der Waals surface area contributed by atoms with Crippen LogP contribution in [0.2, 0.25) is 0 Å². The van der Waals surface area contributed by atoms with Gasteiger partial charge < -0.3 is 25.2 Å². The topological polar surface area (TPSA) is 131 Å². The van der Waals surface area contributed by atoms with Crippen LogP contribution in [0.5, 0.6) is 5.88 Å². The number of likely N-dealkylation sites (tertiary alicyclic amines) is 1. The zero-order valence-electron chi connectivity index (χ0n) is 32.4. The first kappa shape index (κ1) is 37.0. The Kier molecular flexibility index (Phi) is 9.79. The Morgan fingerprint density at radius 2 is 1.72 bits per heavy atom. The average molecular weight is 779 g/mol. The molecule has 15 heteroatoms. The molecular formula is C42H48F2N10O3. The van der Waals surface area contributed by atoms with Gasteiger partial charge in [0.05, 0.1) is 36.6 Å². The number of anilines is 6. The summed E-state index contributed by atoms with van der Waals surface area (Å²) in [6.45, 7) is 9.15. The van der Waals surface area contributed by atoms with Gasteiger partial charge >= 0.3 is 6.03 Å². The third-order valence-electron chi connectivity index (χ3n) is 12.3. The molecule has 0 aliphatic carbocycles. The number of aryl methyl sites for hydroxylation is 1. The molecule has 298 valence electrons. The maximum absolute atomic E-state index is 15.9. The fraction of sp³-hybridized carbons (Fsp3) is 0.452. The predicted octanol–water partition coefficient (Wildman–Crippen LogP) is 6.14. The molecule has 0 unspecified atom stereocenters. The summed E-state index contributed by atoms with van der Waals surface area (Å²) >= 11 is 0. The van der Waals surface area contributed by atoms with Crippen LogP contribution in [0.1, 0.15) is 59.5 Å². The van der Waals surface area contributed by atoms with Crippen LogP contribution in [0.4, 0.5) is 48.0 Å². The van der Waals surface area contributed by atoms with E-state index in [1.165, 1.54) is 0 Å². The number of carbonyl (C=O) groups excluding carboxylic acids is 2. The lowest BCUT2D eigenvalue weighted by atomic mass is 9.85. The van der Waals surface area contributed by atoms with Crippen molar-refractivity contribution in [1.82, 2.24) is 25.2 Å². The zero-order valence-corrected chi connectivity index (χ0v) is 32.4. The monoisotopic (exact) mass is 778 g/mol. The number of ether oxygens (including phenoxy) is 1. The Hall–Kier alpha value is -5.57. The summed E-state index contributed by atoms with van der Waals surface area (Å²) in [4.78, 5) is 46.1. The number of fused-ring (bicyclic) bond motifs is 2. The number of piperidine rings is 2. The number of rotatable bonds is 7. The van der Waals surface area contributed by atoms with Crippen molar-refractivity contribution in [3.8, 4) is 5.88 Å². The van der Waals surface area contributed by atoms with Gasteiger partial charge in [-0.1, -0.05) is 12.1 Å². The van der Waals surface area contributed by atoms with E-state index in [1.807, 2.05) is 60.6 Å². The van der Waals surface area contributed by atoms with Gasteiger partial charge in [0.25, 0.3) is 5.92 Å². The molecule has 3 N–H and O–H groups in total. The van der Waals surface area contributed by atoms with Gasteiger partial charge in [0, 0.05) is 74.0 Å². The van der Waals surface area contributed by atoms with Crippen LogP contribution in [0.15, 0.2) is 54.9 Å². The van der Waals surface area contributed by atoms with Crippen LogP contribution in [0, 0.1) is 13.8 Å². The Morgan fingerprint density at radius 1 is 0.895 bits per heavy atom. The summed E-state index contributed by atoms with van der Waals surface area (Å²) in [5.41, 5.74) is 9.35. The number of alkyl halides is 2. The molecule has 0 saturated carbocycles. The van der Waals surface area contributed by atoms with Gasteiger partial charge in [0.2, 0.25) is 17.7 Å². The highest BCUT2D eigenvalue weighted by atomic mass is 19.3. The fourth-order valence-corrected chi connectivity index (χ4v) is 9.14. The molecule has 0 bridgehead atoms. The molecule has 5 aliphatic heterocycles. The maximum atomic E-state index is 15.9. The number of amides is 3. The van der Waals surface area contributed by atoms with Crippen molar-refractivity contribution in [3.63, 3.8) is 0 Å². The Balaban J connectivity index is 0.788. The number of urea groups is 1. The van der Waals surface area contributed by atoms with E-state index >= 15 is 8.78 Å². The lowest BCUT2D eigenvalue weighted by Gasteiger charge is -2.45. The van der Waals surface area contributed by atoms with Crippen molar-refractivity contribution in [2.45, 2.75) is 70.4 Å². The van der Waals surface area contributed by atoms with Gasteiger partial charge in [-0.05, 0) is 93.1 Å². The molecule has 3 fully saturated rings. The van der Waals surface area contributed by atoms with Crippen LogP contribution in [0.25, 0.3) is 0 Å². The molecule has 0 spiro atoms. The second-order valence-corrected chi connectivity index (χ2v) is 15.8. The van der Waals surface area contributed by atoms with Gasteiger partial charge in [-0.15, -0.1) is 0 Å². The minimum Gasteiger partial charge on any atom is -0.474 e. The number of halogens is 2. The van der Waals surface area contributed by atoms with Gasteiger partial charge in [-0.3, -0.25) is 19.9 Å². The van der Waals surface area contributed by atoms with Crippen molar-refractivity contribution in [2.24, 2.45) is 0 Å². The highest BCUT2D eigenvalue weighted by molar-refractivity contribution is 6.06. The van der Waals surface area contributed by atoms with E-state index in [-0.39, 0.29) is 24.9 Å². The van der Waals surface area contributed by atoms with E-state index in [0.29, 0.717) is 50.1 Å². The Morgan fingerprint density at radius 3 is 2.49 bits per heavy atom. The smallest absolute Gasteiger partial charge is 0.328 e. The van der Waals surface area contributed by atoms with E-state index in [9.17, 15) is 9.59 Å². The molecule has 1 atom stereocenters. The molecule has 13 nitrogen and oxygen atoms in total. The molecular weight excluding hydrogens is 731 g/mol. The van der Waals surface area contributed by atoms with E-state index < -0.39 is 17.9 Å². The maximum Gasteiger partial charge on any atom is 0.328 e. The van der Waals surface area contributed by atoms with Crippen LogP contribution >= 0.6 is 0 Å². The third-order valence-corrected chi connectivity index (χ3v) is 12.3. The van der Waals surface area contributed by atoms with E-state index in [2.05, 4.69) is 48.7 Å². The number of hydrogen-bond donors (Lipinski definition) is 3. The zero-order chi connectivity index (χ0) is 39.3. The van der Waals surface area contributed by atoms with Gasteiger partial charge in [-0.25, -0.2) is 28.5 Å². The molecule has 0 radical (unpaired) electrons. The highest BCUT2D eigenvalue weighted by Crippen LogP contribution is 2.42. The second-order valence-electron chi connectivity index (χ2n) is 15.8. The van der Waals surface area contributed by atoms with E-state index in [1.54, 1.807) is 4.90 Å². The predicted molar refractivity (Wildman–Crippen MR) is 215 cm³/mol. The SMILES string of the molecule is Cc1cc(N2CCC(N3CC[C@H](c4ccc(Nc5ncc6c(n5)CN(c5cnc7c(c5C)NCCO7)CC6)cc4)C(F)(F)C3)CC2)ccc1N1CCC(=O)NC1=O. The molecule has 3 amide bonds. The number of benzene rings is 2. The third kappa shape index (κ3) is 7.40. The standard InChI is InChI=1S/C42H48F2N10O3/c1-26-21-32(7-8-35(26)54-19-13-37(55)50-41(54)56)51-16-10-31(11-17-51)53-18-12-33(42(43,44)25-53)28-3-5-30(6-4-28)48-40-47-22-29-9-15-52(24-34(29)49-40)36-23-46-39-38(27(36)2)45-14-20-57-39/h3-8,21-23,31,33,45H,9-20,24-25H2,1-2H3,(H,47,48,49)(H,50,55,56)/t33-/m1/s1. The molecule has 9 rings (SSSR count). The molecule has 5 aliphatic rings. The van der Waals surface area contributed by atoms with Crippen LogP contribution < -0.4 is 35.4 Å². The number of nitrogens with zero attached hydrogens (tertiary/aromatic N) is 7. The second kappa shape index (κ2) is 15.1. The molecule has 2 aromatic carbocycles. The van der Waals surface area contributed by atoms with Crippen LogP contribution in [-0.4, -0.2) is 96.2 Å². The number of pyridine rings is 1. The van der Waals surface area contributed by atoms with Gasteiger partial charge in [0.15, 0.2) is 0 Å². The number of carbonyl (C=O) groups is 2. The Labute approximate surface area is 330 Å². The minimum absolute atomic E-state index is 0.101. The van der Waals surface area contributed by atoms with Crippen molar-refractivity contribution >= 4 is 46.3 Å². The summed E-state index contributed by atoms with van der Waals surface area (Å²) in [6, 6.07) is 13.0. The molecule has 2 aromatic heterocycles. The Bertz CT molecular complexity index is 2180. The van der Waals surface area contributed by atoms with Crippen LogP contribution in [-0.2, 0) is 17.8 Å². The summed E-state index contributed by atoms with van der Waals surface area (Å²) in [6.07, 6.45) is 6.85. The summed E-state index contributed by atoms with van der Waals surface area (Å²) in [7, 11) is 0. The summed E-state index contributed by atoms with van der Waals surface area (Å²) < 4.78 is 37.5. The van der Waals surface area contributed by atoms with Crippen LogP contribution in [0.3, 0.4) is 0 Å². The molecule has 57 heavy (non-hydrogen) atoms. The summed E-state index contributed by atoms with van der Waals surface area (Å²) in [5, 5.41) is 9.09. The quantitative estimate of drug-likeness (QED) is 0.200. The lowest BCUT2D eigenvalue weighted by Crippen LogP contribution is -2.54. The molecule has 7 heterocycles. The fourth-order valence-electron chi connectivity index (χ4n) is 9.14. The van der Waals surface area contributed by atoms with Crippen molar-refractivity contribution < 1.29 is 23.1 Å². The molecule has 3 saturated heterocycles. The van der Waals surface area contributed by atoms with Gasteiger partial charge in [0.1, 0.15) is 12.3 Å². The van der Waals surface area contributed by atoms with E-state index in [4.69, 9.17) is 9.72 Å². The first-order chi connectivity index (χ1) is 27.6. The van der Waals surface area contributed by atoms with Crippen molar-refractivity contribution in [3.05, 3.63) is 82.8 Å².